The van der Waals surface area contributed by atoms with Crippen molar-refractivity contribution in [2.75, 3.05) is 12.4 Å². The molecule has 0 spiro atoms. The van der Waals surface area contributed by atoms with Crippen molar-refractivity contribution < 1.29 is 14.7 Å². The Kier molecular flexibility index (Phi) is 3.74. The number of aromatic carboxylic acids is 1. The van der Waals surface area contributed by atoms with E-state index in [1.807, 2.05) is 6.92 Å². The summed E-state index contributed by atoms with van der Waals surface area (Å²) in [5, 5.41) is 11.7. The molecule has 0 saturated heterocycles. The predicted molar refractivity (Wildman–Crippen MR) is 72.6 cm³/mol. The molecule has 1 aliphatic carbocycles. The van der Waals surface area contributed by atoms with Crippen molar-refractivity contribution in [3.8, 4) is 0 Å². The number of hydrogen-bond donors (Lipinski definition) is 2. The maximum atomic E-state index is 12.0. The Balaban J connectivity index is 2.11. The second kappa shape index (κ2) is 5.30. The summed E-state index contributed by atoms with van der Waals surface area (Å²) >= 11 is 0. The van der Waals surface area contributed by atoms with E-state index in [9.17, 15) is 9.59 Å². The number of carbonyl (C=O) groups is 2. The summed E-state index contributed by atoms with van der Waals surface area (Å²) in [4.78, 5) is 24.7. The molecule has 102 valence electrons. The van der Waals surface area contributed by atoms with Crippen LogP contribution in [0.2, 0.25) is 0 Å². The van der Waals surface area contributed by atoms with Gasteiger partial charge in [-0.2, -0.15) is 0 Å². The molecule has 0 aromatic heterocycles. The molecule has 2 rings (SSSR count). The molecule has 0 atom stereocenters. The van der Waals surface area contributed by atoms with Gasteiger partial charge in [0, 0.05) is 18.8 Å². The Bertz CT molecular complexity index is 509. The molecule has 2 amide bonds. The van der Waals surface area contributed by atoms with Gasteiger partial charge in [0.1, 0.15) is 0 Å². The molecule has 5 heteroatoms. The number of urea groups is 1. The second-order valence-corrected chi connectivity index (χ2v) is 4.96. The topological polar surface area (TPSA) is 69.6 Å². The number of carboxylic acid groups (broad SMARTS) is 1. The van der Waals surface area contributed by atoms with E-state index in [1.54, 1.807) is 18.0 Å². The number of amides is 2. The van der Waals surface area contributed by atoms with E-state index >= 15 is 0 Å². The lowest BCUT2D eigenvalue weighted by atomic mass is 9.92. The summed E-state index contributed by atoms with van der Waals surface area (Å²) in [7, 11) is 1.77. The number of benzene rings is 1. The molecule has 0 radical (unpaired) electrons. The van der Waals surface area contributed by atoms with Gasteiger partial charge in [0.15, 0.2) is 0 Å². The first-order valence-electron chi connectivity index (χ1n) is 6.37. The van der Waals surface area contributed by atoms with E-state index in [-0.39, 0.29) is 11.6 Å². The lowest BCUT2D eigenvalue weighted by Crippen LogP contribution is -2.43. The molecule has 19 heavy (non-hydrogen) atoms. The lowest BCUT2D eigenvalue weighted by Gasteiger charge is -2.34. The number of carbonyl (C=O) groups excluding carboxylic acids is 1. The predicted octanol–water partition coefficient (Wildman–Crippen LogP) is 2.71. The standard InChI is InChI=1S/C14H18N2O3/c1-9-6-7-10(13(17)18)8-12(9)15-14(19)16(2)11-4-3-5-11/h6-8,11H,3-5H2,1-2H3,(H,15,19)(H,17,18). The molecular weight excluding hydrogens is 244 g/mol. The molecule has 0 aliphatic heterocycles. The molecule has 1 aromatic carbocycles. The van der Waals surface area contributed by atoms with E-state index in [0.29, 0.717) is 11.7 Å². The van der Waals surface area contributed by atoms with Crippen LogP contribution in [-0.4, -0.2) is 35.1 Å². The summed E-state index contributed by atoms with van der Waals surface area (Å²) in [5.74, 6) is -0.997. The van der Waals surface area contributed by atoms with Crippen molar-refractivity contribution in [2.45, 2.75) is 32.2 Å². The summed E-state index contributed by atoms with van der Waals surface area (Å²) < 4.78 is 0. The minimum atomic E-state index is -0.997. The van der Waals surface area contributed by atoms with Crippen molar-refractivity contribution in [2.24, 2.45) is 0 Å². The quantitative estimate of drug-likeness (QED) is 0.880. The van der Waals surface area contributed by atoms with Gasteiger partial charge in [0.25, 0.3) is 0 Å². The minimum Gasteiger partial charge on any atom is -0.478 e. The van der Waals surface area contributed by atoms with Crippen LogP contribution in [0.3, 0.4) is 0 Å². The van der Waals surface area contributed by atoms with Gasteiger partial charge in [0.05, 0.1) is 5.56 Å². The fourth-order valence-electron chi connectivity index (χ4n) is 2.03. The Morgan fingerprint density at radius 2 is 2.05 bits per heavy atom. The molecule has 0 heterocycles. The average Bonchev–Trinajstić information content (AvgIpc) is 2.29. The highest BCUT2D eigenvalue weighted by Crippen LogP contribution is 2.24. The first kappa shape index (κ1) is 13.4. The fraction of sp³-hybridized carbons (Fsp3) is 0.429. The largest absolute Gasteiger partial charge is 0.478 e. The van der Waals surface area contributed by atoms with Gasteiger partial charge in [-0.05, 0) is 43.9 Å². The van der Waals surface area contributed by atoms with E-state index in [1.165, 1.54) is 12.1 Å². The fourth-order valence-corrected chi connectivity index (χ4v) is 2.03. The molecule has 1 saturated carbocycles. The molecule has 1 aliphatic rings. The van der Waals surface area contributed by atoms with Crippen LogP contribution in [0.25, 0.3) is 0 Å². The third-order valence-corrected chi connectivity index (χ3v) is 3.67. The normalized spacial score (nSPS) is 14.6. The Hall–Kier alpha value is -2.04. The number of nitrogens with zero attached hydrogens (tertiary/aromatic N) is 1. The number of anilines is 1. The van der Waals surface area contributed by atoms with Crippen molar-refractivity contribution in [1.82, 2.24) is 4.90 Å². The zero-order valence-corrected chi connectivity index (χ0v) is 11.1. The van der Waals surface area contributed by atoms with Crippen LogP contribution in [-0.2, 0) is 0 Å². The molecule has 5 nitrogen and oxygen atoms in total. The highest BCUT2D eigenvalue weighted by atomic mass is 16.4. The monoisotopic (exact) mass is 262 g/mol. The minimum absolute atomic E-state index is 0.173. The van der Waals surface area contributed by atoms with Gasteiger partial charge >= 0.3 is 12.0 Å². The van der Waals surface area contributed by atoms with Gasteiger partial charge in [-0.1, -0.05) is 6.07 Å². The third kappa shape index (κ3) is 2.86. The van der Waals surface area contributed by atoms with Crippen molar-refractivity contribution in [1.29, 1.82) is 0 Å². The number of aryl methyl sites for hydroxylation is 1. The van der Waals surface area contributed by atoms with Crippen LogP contribution in [0.4, 0.5) is 10.5 Å². The van der Waals surface area contributed by atoms with Crippen LogP contribution in [0.15, 0.2) is 18.2 Å². The highest BCUT2D eigenvalue weighted by Gasteiger charge is 2.25. The van der Waals surface area contributed by atoms with Gasteiger partial charge in [0.2, 0.25) is 0 Å². The molecule has 0 bridgehead atoms. The van der Waals surface area contributed by atoms with Crippen molar-refractivity contribution in [3.05, 3.63) is 29.3 Å². The summed E-state index contributed by atoms with van der Waals surface area (Å²) in [6.45, 7) is 1.84. The summed E-state index contributed by atoms with van der Waals surface area (Å²) in [6.07, 6.45) is 3.24. The van der Waals surface area contributed by atoms with E-state index in [0.717, 1.165) is 24.8 Å². The number of carboxylic acids is 1. The summed E-state index contributed by atoms with van der Waals surface area (Å²) in [6, 6.07) is 4.84. The maximum absolute atomic E-state index is 12.0. The molecular formula is C14H18N2O3. The van der Waals surface area contributed by atoms with Gasteiger partial charge in [-0.3, -0.25) is 0 Å². The van der Waals surface area contributed by atoms with Gasteiger partial charge in [-0.15, -0.1) is 0 Å². The van der Waals surface area contributed by atoms with Crippen LogP contribution >= 0.6 is 0 Å². The Morgan fingerprint density at radius 3 is 2.58 bits per heavy atom. The Labute approximate surface area is 112 Å². The third-order valence-electron chi connectivity index (χ3n) is 3.67. The van der Waals surface area contributed by atoms with Crippen LogP contribution < -0.4 is 5.32 Å². The molecule has 1 aromatic rings. The van der Waals surface area contributed by atoms with E-state index in [4.69, 9.17) is 5.11 Å². The average molecular weight is 262 g/mol. The van der Waals surface area contributed by atoms with Crippen molar-refractivity contribution in [3.63, 3.8) is 0 Å². The summed E-state index contributed by atoms with van der Waals surface area (Å²) in [5.41, 5.74) is 1.57. The first-order chi connectivity index (χ1) is 8.99. The van der Waals surface area contributed by atoms with Gasteiger partial charge < -0.3 is 15.3 Å². The maximum Gasteiger partial charge on any atom is 0.335 e. The molecule has 0 unspecified atom stereocenters. The van der Waals surface area contributed by atoms with Crippen LogP contribution in [0, 0.1) is 6.92 Å². The number of rotatable bonds is 3. The van der Waals surface area contributed by atoms with E-state index in [2.05, 4.69) is 5.32 Å². The molecule has 2 N–H and O–H groups in total. The van der Waals surface area contributed by atoms with Gasteiger partial charge in [-0.25, -0.2) is 9.59 Å². The zero-order chi connectivity index (χ0) is 14.0. The Morgan fingerprint density at radius 1 is 1.37 bits per heavy atom. The first-order valence-corrected chi connectivity index (χ1v) is 6.37. The van der Waals surface area contributed by atoms with E-state index < -0.39 is 5.97 Å². The SMILES string of the molecule is Cc1ccc(C(=O)O)cc1NC(=O)N(C)C1CCC1. The zero-order valence-electron chi connectivity index (χ0n) is 11.1. The smallest absolute Gasteiger partial charge is 0.335 e. The highest BCUT2D eigenvalue weighted by molar-refractivity contribution is 5.94. The van der Waals surface area contributed by atoms with Crippen LogP contribution in [0.5, 0.6) is 0 Å². The molecule has 1 fully saturated rings. The lowest BCUT2D eigenvalue weighted by molar-refractivity contribution is 0.0697. The van der Waals surface area contributed by atoms with Crippen molar-refractivity contribution >= 4 is 17.7 Å². The number of nitrogens with one attached hydrogen (secondary N) is 1. The van der Waals surface area contributed by atoms with Crippen LogP contribution in [0.1, 0.15) is 35.2 Å². The second-order valence-electron chi connectivity index (χ2n) is 4.96. The number of hydrogen-bond acceptors (Lipinski definition) is 2.